The molecule has 0 unspecified atom stereocenters. The van der Waals surface area contributed by atoms with Gasteiger partial charge in [0.25, 0.3) is 0 Å². The third-order valence-electron chi connectivity index (χ3n) is 3.07. The van der Waals surface area contributed by atoms with Crippen LogP contribution in [-0.2, 0) is 17.9 Å². The number of hydroxylamine groups is 2. The fourth-order valence-corrected chi connectivity index (χ4v) is 2.27. The molecule has 0 radical (unpaired) electrons. The van der Waals surface area contributed by atoms with Gasteiger partial charge in [-0.3, -0.25) is 4.84 Å². The summed E-state index contributed by atoms with van der Waals surface area (Å²) in [5, 5.41) is 2.09. The summed E-state index contributed by atoms with van der Waals surface area (Å²) in [5.41, 5.74) is 2.81. The zero-order valence-electron chi connectivity index (χ0n) is 8.73. The van der Waals surface area contributed by atoms with Crippen LogP contribution in [0.5, 0.6) is 0 Å². The second-order valence-corrected chi connectivity index (χ2v) is 4.24. The second kappa shape index (κ2) is 3.80. The van der Waals surface area contributed by atoms with Gasteiger partial charge in [0.2, 0.25) is 0 Å². The first-order valence-electron chi connectivity index (χ1n) is 5.55. The first kappa shape index (κ1) is 9.13. The van der Waals surface area contributed by atoms with Crippen LogP contribution in [0.25, 0.3) is 0 Å². The lowest BCUT2D eigenvalue weighted by molar-refractivity contribution is -0.200. The molecular formula is C13H15NO. The number of fused-ring (bicyclic) bond motifs is 1. The second-order valence-electron chi connectivity index (χ2n) is 4.24. The van der Waals surface area contributed by atoms with Gasteiger partial charge in [-0.25, -0.2) is 0 Å². The Hall–Kier alpha value is -1.12. The highest BCUT2D eigenvalue weighted by molar-refractivity contribution is 5.29. The number of benzene rings is 1. The van der Waals surface area contributed by atoms with Crippen LogP contribution in [0.15, 0.2) is 36.4 Å². The molecule has 1 aliphatic heterocycles. The third-order valence-corrected chi connectivity index (χ3v) is 3.07. The summed E-state index contributed by atoms with van der Waals surface area (Å²) in [4.78, 5) is 5.93. The van der Waals surface area contributed by atoms with E-state index in [1.807, 2.05) is 0 Å². The maximum Gasteiger partial charge on any atom is 0.0862 e. The Balaban J connectivity index is 1.63. The quantitative estimate of drug-likeness (QED) is 0.682. The number of rotatable bonds is 2. The van der Waals surface area contributed by atoms with Crippen LogP contribution < -0.4 is 0 Å². The minimum Gasteiger partial charge on any atom is -0.294 e. The van der Waals surface area contributed by atoms with E-state index in [2.05, 4.69) is 41.5 Å². The van der Waals surface area contributed by atoms with E-state index in [4.69, 9.17) is 4.84 Å². The van der Waals surface area contributed by atoms with E-state index >= 15 is 0 Å². The Morgan fingerprint density at radius 1 is 1.00 bits per heavy atom. The van der Waals surface area contributed by atoms with E-state index < -0.39 is 0 Å². The summed E-state index contributed by atoms with van der Waals surface area (Å²) in [5.74, 6) is 0. The van der Waals surface area contributed by atoms with Gasteiger partial charge in [0, 0.05) is 13.1 Å². The molecule has 1 aliphatic carbocycles. The standard InChI is InChI=1S/C13H15NO/c1-2-6-12-10-14(9-11(12)5-1)15-13-7-3-4-8-13/h1-6,13H,7-10H2. The molecule has 0 amide bonds. The van der Waals surface area contributed by atoms with E-state index in [1.54, 1.807) is 0 Å². The molecule has 0 atom stereocenters. The van der Waals surface area contributed by atoms with Crippen LogP contribution in [0, 0.1) is 0 Å². The normalized spacial score (nSPS) is 21.1. The molecule has 0 fully saturated rings. The molecule has 0 aromatic heterocycles. The van der Waals surface area contributed by atoms with E-state index in [-0.39, 0.29) is 0 Å². The molecule has 2 heteroatoms. The Morgan fingerprint density at radius 3 is 2.20 bits per heavy atom. The maximum atomic E-state index is 5.93. The highest BCUT2D eigenvalue weighted by Gasteiger charge is 2.22. The van der Waals surface area contributed by atoms with E-state index in [9.17, 15) is 0 Å². The lowest BCUT2D eigenvalue weighted by Gasteiger charge is -2.19. The summed E-state index contributed by atoms with van der Waals surface area (Å²) < 4.78 is 0. The molecule has 0 saturated carbocycles. The SMILES string of the molecule is C1=CCC(ON2Cc3ccccc3C2)C1. The van der Waals surface area contributed by atoms with Crippen LogP contribution in [0.4, 0.5) is 0 Å². The molecule has 15 heavy (non-hydrogen) atoms. The average Bonchev–Trinajstić information content (AvgIpc) is 2.86. The largest absolute Gasteiger partial charge is 0.294 e. The minimum absolute atomic E-state index is 0.374. The monoisotopic (exact) mass is 201 g/mol. The van der Waals surface area contributed by atoms with Crippen molar-refractivity contribution in [3.8, 4) is 0 Å². The Labute approximate surface area is 90.1 Å². The molecule has 1 aromatic carbocycles. The van der Waals surface area contributed by atoms with Gasteiger partial charge < -0.3 is 0 Å². The van der Waals surface area contributed by atoms with Crippen molar-refractivity contribution in [1.29, 1.82) is 0 Å². The van der Waals surface area contributed by atoms with E-state index in [1.165, 1.54) is 11.1 Å². The Kier molecular flexibility index (Phi) is 2.31. The van der Waals surface area contributed by atoms with Gasteiger partial charge in [0.1, 0.15) is 0 Å². The molecule has 0 saturated heterocycles. The van der Waals surface area contributed by atoms with Crippen molar-refractivity contribution in [2.75, 3.05) is 0 Å². The van der Waals surface area contributed by atoms with Crippen LogP contribution >= 0.6 is 0 Å². The Morgan fingerprint density at radius 2 is 1.60 bits per heavy atom. The number of nitrogens with zero attached hydrogens (tertiary/aromatic N) is 1. The van der Waals surface area contributed by atoms with Gasteiger partial charge in [0.05, 0.1) is 6.10 Å². The van der Waals surface area contributed by atoms with Crippen molar-refractivity contribution in [2.24, 2.45) is 0 Å². The molecule has 2 aliphatic rings. The zero-order chi connectivity index (χ0) is 10.1. The summed E-state index contributed by atoms with van der Waals surface area (Å²) in [7, 11) is 0. The van der Waals surface area contributed by atoms with Crippen LogP contribution in [-0.4, -0.2) is 11.2 Å². The van der Waals surface area contributed by atoms with E-state index in [0.29, 0.717) is 6.10 Å². The molecule has 1 aromatic rings. The van der Waals surface area contributed by atoms with Crippen molar-refractivity contribution in [3.05, 3.63) is 47.5 Å². The zero-order valence-corrected chi connectivity index (χ0v) is 8.73. The summed E-state index contributed by atoms with van der Waals surface area (Å²) in [6.45, 7) is 1.87. The van der Waals surface area contributed by atoms with Crippen molar-refractivity contribution in [3.63, 3.8) is 0 Å². The van der Waals surface area contributed by atoms with Crippen molar-refractivity contribution in [2.45, 2.75) is 32.0 Å². The van der Waals surface area contributed by atoms with E-state index in [0.717, 1.165) is 25.9 Å². The molecular weight excluding hydrogens is 186 g/mol. The van der Waals surface area contributed by atoms with Crippen LogP contribution in [0.1, 0.15) is 24.0 Å². The van der Waals surface area contributed by atoms with Crippen LogP contribution in [0.2, 0.25) is 0 Å². The fraction of sp³-hybridized carbons (Fsp3) is 0.385. The van der Waals surface area contributed by atoms with Crippen LogP contribution in [0.3, 0.4) is 0 Å². The van der Waals surface area contributed by atoms with Gasteiger partial charge in [-0.1, -0.05) is 36.4 Å². The summed E-state index contributed by atoms with van der Waals surface area (Å²) >= 11 is 0. The number of hydrogen-bond donors (Lipinski definition) is 0. The lowest BCUT2D eigenvalue weighted by Crippen LogP contribution is -2.23. The van der Waals surface area contributed by atoms with Crippen molar-refractivity contribution >= 4 is 0 Å². The third kappa shape index (κ3) is 1.83. The topological polar surface area (TPSA) is 12.5 Å². The molecule has 1 heterocycles. The molecule has 78 valence electrons. The predicted molar refractivity (Wildman–Crippen MR) is 58.9 cm³/mol. The predicted octanol–water partition coefficient (Wildman–Crippen LogP) is 2.65. The van der Waals surface area contributed by atoms with Gasteiger partial charge in [-0.15, -0.1) is 0 Å². The molecule has 0 spiro atoms. The maximum absolute atomic E-state index is 5.93. The van der Waals surface area contributed by atoms with Gasteiger partial charge >= 0.3 is 0 Å². The van der Waals surface area contributed by atoms with Crippen molar-refractivity contribution in [1.82, 2.24) is 5.06 Å². The van der Waals surface area contributed by atoms with Gasteiger partial charge in [-0.2, -0.15) is 5.06 Å². The summed E-state index contributed by atoms with van der Waals surface area (Å²) in [6, 6.07) is 8.57. The van der Waals surface area contributed by atoms with Crippen molar-refractivity contribution < 1.29 is 4.84 Å². The van der Waals surface area contributed by atoms with Gasteiger partial charge in [0.15, 0.2) is 0 Å². The molecule has 0 N–H and O–H groups in total. The smallest absolute Gasteiger partial charge is 0.0862 e. The summed E-state index contributed by atoms with van der Waals surface area (Å²) in [6.07, 6.45) is 6.90. The fourth-order valence-electron chi connectivity index (χ4n) is 2.27. The Bertz CT molecular complexity index is 353. The first-order chi connectivity index (χ1) is 7.42. The highest BCUT2D eigenvalue weighted by Crippen LogP contribution is 2.25. The molecule has 2 nitrogen and oxygen atoms in total. The lowest BCUT2D eigenvalue weighted by atomic mass is 10.1. The minimum atomic E-state index is 0.374. The average molecular weight is 201 g/mol. The molecule has 0 bridgehead atoms. The highest BCUT2D eigenvalue weighted by atomic mass is 16.7. The number of hydrogen-bond acceptors (Lipinski definition) is 2. The van der Waals surface area contributed by atoms with Gasteiger partial charge in [-0.05, 0) is 24.0 Å². The molecule has 3 rings (SSSR count). The first-order valence-corrected chi connectivity index (χ1v) is 5.55.